The van der Waals surface area contributed by atoms with Crippen molar-refractivity contribution in [2.45, 2.75) is 386 Å². The van der Waals surface area contributed by atoms with Crippen molar-refractivity contribution >= 4 is 13.7 Å². The molecule has 0 saturated heterocycles. The standard InChI is InChI=1S/C71H141N2O6P/c1-6-8-10-12-14-16-18-20-22-24-26-28-30-32-34-35-36-37-39-40-42-44-46-48-50-52-54-56-58-60-62-64-70(74)69(68-79-80(76,77)78-67-66-73(3,4)5)72-71(75)65-63-61-59-57-55-53-51-49-47-45-43-41-38-33-31-29-27-25-23-21-19-17-15-13-11-9-7-2/h19,21,25,27,69-70,74H,6-18,20,22-24,26,28-68H2,1-5H3,(H-,72,75,76,77)/p+1/b21-19-,27-25-. The predicted molar refractivity (Wildman–Crippen MR) is 351 cm³/mol. The molecular formula is C71H142N2O6P+. The number of quaternary nitrogens is 1. The predicted octanol–water partition coefficient (Wildman–Crippen LogP) is 22.7. The minimum absolute atomic E-state index is 0.0770. The smallest absolute Gasteiger partial charge is 0.391 e. The van der Waals surface area contributed by atoms with Crippen LogP contribution in [-0.2, 0) is 18.4 Å². The summed E-state index contributed by atoms with van der Waals surface area (Å²) >= 11 is 0. The number of phosphoric acid groups is 1. The van der Waals surface area contributed by atoms with Gasteiger partial charge in [-0.05, 0) is 44.9 Å². The van der Waals surface area contributed by atoms with E-state index in [1.807, 2.05) is 21.1 Å². The lowest BCUT2D eigenvalue weighted by Crippen LogP contribution is -2.46. The summed E-state index contributed by atoms with van der Waals surface area (Å²) in [5.41, 5.74) is 0. The monoisotopic (exact) mass is 1150 g/mol. The molecule has 3 N–H and O–H groups in total. The highest BCUT2D eigenvalue weighted by atomic mass is 31.2. The second-order valence-corrected chi connectivity index (χ2v) is 27.4. The summed E-state index contributed by atoms with van der Waals surface area (Å²) in [6, 6.07) is -0.761. The zero-order chi connectivity index (χ0) is 58.4. The number of aliphatic hydroxyl groups is 1. The van der Waals surface area contributed by atoms with E-state index in [2.05, 4.69) is 43.5 Å². The highest BCUT2D eigenvalue weighted by Gasteiger charge is 2.28. The fourth-order valence-electron chi connectivity index (χ4n) is 11.1. The van der Waals surface area contributed by atoms with Crippen LogP contribution in [0.25, 0.3) is 0 Å². The molecule has 0 saturated carbocycles. The van der Waals surface area contributed by atoms with E-state index in [0.717, 1.165) is 44.9 Å². The molecule has 0 aromatic heterocycles. The van der Waals surface area contributed by atoms with Crippen molar-refractivity contribution in [3.8, 4) is 0 Å². The van der Waals surface area contributed by atoms with Gasteiger partial charge in [0.25, 0.3) is 0 Å². The number of rotatable bonds is 67. The number of allylic oxidation sites excluding steroid dienone is 4. The molecule has 0 bridgehead atoms. The number of amides is 1. The molecule has 1 amide bonds. The van der Waals surface area contributed by atoms with Crippen LogP contribution in [0.3, 0.4) is 0 Å². The van der Waals surface area contributed by atoms with Gasteiger partial charge < -0.3 is 19.8 Å². The zero-order valence-corrected chi connectivity index (χ0v) is 55.5. The summed E-state index contributed by atoms with van der Waals surface area (Å²) in [5.74, 6) is -0.137. The second kappa shape index (κ2) is 62.5. The number of phosphoric ester groups is 1. The van der Waals surface area contributed by atoms with E-state index >= 15 is 0 Å². The number of carbonyl (C=O) groups excluding carboxylic acids is 1. The Bertz CT molecular complexity index is 1350. The molecule has 8 nitrogen and oxygen atoms in total. The number of nitrogens with one attached hydrogen (secondary N) is 1. The number of likely N-dealkylation sites (N-methyl/N-ethyl adjacent to an activating group) is 1. The average Bonchev–Trinajstić information content (AvgIpc) is 3.42. The number of hydrogen-bond acceptors (Lipinski definition) is 5. The molecule has 3 atom stereocenters. The van der Waals surface area contributed by atoms with E-state index in [1.54, 1.807) is 0 Å². The van der Waals surface area contributed by atoms with Crippen LogP contribution in [0.5, 0.6) is 0 Å². The van der Waals surface area contributed by atoms with Crippen LogP contribution in [0.2, 0.25) is 0 Å². The number of hydrogen-bond donors (Lipinski definition) is 3. The summed E-state index contributed by atoms with van der Waals surface area (Å²) in [4.78, 5) is 23.5. The quantitative estimate of drug-likeness (QED) is 0.0243. The van der Waals surface area contributed by atoms with Gasteiger partial charge in [0.15, 0.2) is 0 Å². The summed E-state index contributed by atoms with van der Waals surface area (Å²) in [7, 11) is 1.63. The zero-order valence-electron chi connectivity index (χ0n) is 54.6. The summed E-state index contributed by atoms with van der Waals surface area (Å²) in [5, 5.41) is 14.2. The largest absolute Gasteiger partial charge is 0.472 e. The molecule has 3 unspecified atom stereocenters. The van der Waals surface area contributed by atoms with Crippen LogP contribution in [0.1, 0.15) is 373 Å². The van der Waals surface area contributed by atoms with E-state index < -0.39 is 20.0 Å². The number of carbonyl (C=O) groups is 1. The van der Waals surface area contributed by atoms with Crippen LogP contribution >= 0.6 is 7.82 Å². The highest BCUT2D eigenvalue weighted by molar-refractivity contribution is 7.47. The van der Waals surface area contributed by atoms with Gasteiger partial charge in [0.05, 0.1) is 39.9 Å². The minimum Gasteiger partial charge on any atom is -0.391 e. The lowest BCUT2D eigenvalue weighted by atomic mass is 10.0. The van der Waals surface area contributed by atoms with E-state index in [4.69, 9.17) is 9.05 Å². The van der Waals surface area contributed by atoms with Crippen molar-refractivity contribution in [1.82, 2.24) is 5.32 Å². The maximum Gasteiger partial charge on any atom is 0.472 e. The average molecular weight is 1150 g/mol. The van der Waals surface area contributed by atoms with Gasteiger partial charge in [0.1, 0.15) is 13.2 Å². The SMILES string of the molecule is CCCCCCC/C=C\C/C=C\CCCCCCCCCCCCCCCCCC(=O)NC(COP(=O)(O)OCC[N+](C)(C)C)C(O)CCCCCCCCCCCCCCCCCCCCCCCCCCCCCCCCC. The van der Waals surface area contributed by atoms with Gasteiger partial charge in [-0.3, -0.25) is 13.8 Å². The molecule has 0 fully saturated rings. The second-order valence-electron chi connectivity index (χ2n) is 26.0. The third-order valence-corrected chi connectivity index (χ3v) is 17.7. The van der Waals surface area contributed by atoms with Crippen LogP contribution in [0, 0.1) is 0 Å². The number of aliphatic hydroxyl groups excluding tert-OH is 1. The van der Waals surface area contributed by atoms with Crippen LogP contribution < -0.4 is 5.32 Å². The summed E-state index contributed by atoms with van der Waals surface area (Å²) in [6.45, 7) is 4.94. The number of nitrogens with zero attached hydrogens (tertiary/aromatic N) is 1. The number of unbranched alkanes of at least 4 members (excludes halogenated alkanes) is 50. The molecular weight excluding hydrogens is 1010 g/mol. The van der Waals surface area contributed by atoms with Crippen molar-refractivity contribution in [3.63, 3.8) is 0 Å². The van der Waals surface area contributed by atoms with Gasteiger partial charge in [-0.2, -0.15) is 0 Å². The maximum absolute atomic E-state index is 13.1. The van der Waals surface area contributed by atoms with Crippen molar-refractivity contribution in [3.05, 3.63) is 24.3 Å². The Morgan fingerprint density at radius 1 is 0.425 bits per heavy atom. The van der Waals surface area contributed by atoms with Crippen molar-refractivity contribution in [1.29, 1.82) is 0 Å². The van der Waals surface area contributed by atoms with Crippen LogP contribution in [-0.4, -0.2) is 73.4 Å². The maximum atomic E-state index is 13.1. The molecule has 476 valence electrons. The minimum atomic E-state index is -4.33. The molecule has 0 spiro atoms. The Hall–Kier alpha value is -1.02. The fraction of sp³-hybridized carbons (Fsp3) is 0.930. The Morgan fingerprint density at radius 2 is 0.713 bits per heavy atom. The van der Waals surface area contributed by atoms with E-state index in [1.165, 1.54) is 302 Å². The Balaban J connectivity index is 3.99. The molecule has 0 aliphatic rings. The molecule has 80 heavy (non-hydrogen) atoms. The van der Waals surface area contributed by atoms with Gasteiger partial charge >= 0.3 is 7.82 Å². The van der Waals surface area contributed by atoms with Crippen LogP contribution in [0.4, 0.5) is 0 Å². The van der Waals surface area contributed by atoms with Gasteiger partial charge in [-0.15, -0.1) is 0 Å². The van der Waals surface area contributed by atoms with Crippen molar-refractivity contribution in [2.75, 3.05) is 40.9 Å². The third-order valence-electron chi connectivity index (χ3n) is 16.7. The first kappa shape index (κ1) is 79.0. The van der Waals surface area contributed by atoms with E-state index in [0.29, 0.717) is 23.9 Å². The normalized spacial score (nSPS) is 13.7. The third kappa shape index (κ3) is 64.5. The summed E-state index contributed by atoms with van der Waals surface area (Å²) in [6.07, 6.45) is 81.4. The molecule has 0 radical (unpaired) electrons. The molecule has 0 rings (SSSR count). The molecule has 9 heteroatoms. The first-order valence-corrected chi connectivity index (χ1v) is 37.2. The first-order chi connectivity index (χ1) is 39.0. The summed E-state index contributed by atoms with van der Waals surface area (Å²) < 4.78 is 23.9. The molecule has 0 aromatic rings. The van der Waals surface area contributed by atoms with E-state index in [9.17, 15) is 19.4 Å². The topological polar surface area (TPSA) is 105 Å². The molecule has 0 heterocycles. The lowest BCUT2D eigenvalue weighted by molar-refractivity contribution is -0.870. The lowest BCUT2D eigenvalue weighted by Gasteiger charge is -2.26. The molecule has 0 aliphatic carbocycles. The highest BCUT2D eigenvalue weighted by Crippen LogP contribution is 2.43. The Labute approximate surface area is 500 Å². The van der Waals surface area contributed by atoms with E-state index in [-0.39, 0.29) is 19.1 Å². The Morgan fingerprint density at radius 3 is 1.02 bits per heavy atom. The van der Waals surface area contributed by atoms with Gasteiger partial charge in [0.2, 0.25) is 5.91 Å². The Kier molecular flexibility index (Phi) is 61.7. The van der Waals surface area contributed by atoms with Gasteiger partial charge in [-0.1, -0.05) is 346 Å². The first-order valence-electron chi connectivity index (χ1n) is 35.7. The molecule has 0 aliphatic heterocycles. The fourth-order valence-corrected chi connectivity index (χ4v) is 11.9. The van der Waals surface area contributed by atoms with Crippen molar-refractivity contribution < 1.29 is 32.9 Å². The van der Waals surface area contributed by atoms with Gasteiger partial charge in [0, 0.05) is 6.42 Å². The molecule has 0 aromatic carbocycles. The van der Waals surface area contributed by atoms with Gasteiger partial charge in [-0.25, -0.2) is 4.57 Å². The van der Waals surface area contributed by atoms with Crippen molar-refractivity contribution in [2.24, 2.45) is 0 Å². The van der Waals surface area contributed by atoms with Crippen LogP contribution in [0.15, 0.2) is 24.3 Å².